The van der Waals surface area contributed by atoms with Crippen LogP contribution in [0.2, 0.25) is 0 Å². The first-order chi connectivity index (χ1) is 11.5. The van der Waals surface area contributed by atoms with Crippen LogP contribution in [0, 0.1) is 6.92 Å². The molecule has 0 spiro atoms. The number of thiophene rings is 1. The number of aryl methyl sites for hydroxylation is 2. The minimum Gasteiger partial charge on any atom is -0.368 e. The van der Waals surface area contributed by atoms with Gasteiger partial charge in [0, 0.05) is 11.4 Å². The van der Waals surface area contributed by atoms with E-state index in [4.69, 9.17) is 0 Å². The largest absolute Gasteiger partial charge is 0.368 e. The molecule has 0 aliphatic heterocycles. The minimum atomic E-state index is -3.30. The number of rotatable bonds is 6. The summed E-state index contributed by atoms with van der Waals surface area (Å²) in [5.74, 6) is 1.41. The highest BCUT2D eigenvalue weighted by Gasteiger charge is 2.15. The van der Waals surface area contributed by atoms with Gasteiger partial charge in [-0.05, 0) is 31.5 Å². The molecule has 0 amide bonds. The van der Waals surface area contributed by atoms with E-state index in [1.807, 2.05) is 6.92 Å². The van der Waals surface area contributed by atoms with Crippen LogP contribution < -0.4 is 5.32 Å². The van der Waals surface area contributed by atoms with Crippen molar-refractivity contribution >= 4 is 37.2 Å². The molecule has 7 heteroatoms. The highest BCUT2D eigenvalue weighted by molar-refractivity contribution is 7.91. The third kappa shape index (κ3) is 3.57. The number of hydrogen-bond acceptors (Lipinski definition) is 6. The second-order valence-corrected chi connectivity index (χ2v) is 8.69. The first-order valence-corrected chi connectivity index (χ1v) is 10.2. The summed E-state index contributed by atoms with van der Waals surface area (Å²) in [6.07, 6.45) is 0.946. The van der Waals surface area contributed by atoms with E-state index in [1.54, 1.807) is 41.7 Å². The Morgan fingerprint density at radius 2 is 1.92 bits per heavy atom. The van der Waals surface area contributed by atoms with Gasteiger partial charge in [0.25, 0.3) is 0 Å². The van der Waals surface area contributed by atoms with Gasteiger partial charge in [-0.2, -0.15) is 0 Å². The maximum absolute atomic E-state index is 12.3. The van der Waals surface area contributed by atoms with Crippen LogP contribution in [0.25, 0.3) is 10.2 Å². The average molecular weight is 361 g/mol. The van der Waals surface area contributed by atoms with E-state index in [0.29, 0.717) is 23.1 Å². The molecule has 0 bridgehead atoms. The highest BCUT2D eigenvalue weighted by Crippen LogP contribution is 2.29. The number of fused-ring (bicyclic) bond motifs is 1. The van der Waals surface area contributed by atoms with Crippen LogP contribution in [0.4, 0.5) is 5.82 Å². The van der Waals surface area contributed by atoms with Crippen molar-refractivity contribution in [2.45, 2.75) is 25.2 Å². The van der Waals surface area contributed by atoms with Crippen LogP contribution in [0.5, 0.6) is 0 Å². The maximum atomic E-state index is 12.3. The molecule has 0 saturated carbocycles. The predicted molar refractivity (Wildman–Crippen MR) is 98.5 cm³/mol. The Hall–Kier alpha value is -1.99. The molecule has 2 aromatic heterocycles. The van der Waals surface area contributed by atoms with Gasteiger partial charge in [-0.25, -0.2) is 18.4 Å². The summed E-state index contributed by atoms with van der Waals surface area (Å²) >= 11 is 1.65. The van der Waals surface area contributed by atoms with Gasteiger partial charge in [0.2, 0.25) is 0 Å². The third-order valence-corrected chi connectivity index (χ3v) is 6.57. The molecule has 0 saturated heterocycles. The summed E-state index contributed by atoms with van der Waals surface area (Å²) < 4.78 is 24.7. The zero-order chi connectivity index (χ0) is 17.2. The lowest BCUT2D eigenvalue weighted by Crippen LogP contribution is -2.16. The maximum Gasteiger partial charge on any atom is 0.180 e. The van der Waals surface area contributed by atoms with Gasteiger partial charge < -0.3 is 5.32 Å². The lowest BCUT2D eigenvalue weighted by Gasteiger charge is -2.08. The molecular formula is C17H19N3O2S2. The first kappa shape index (κ1) is 16.9. The summed E-state index contributed by atoms with van der Waals surface area (Å²) in [6.45, 7) is 4.25. The lowest BCUT2D eigenvalue weighted by molar-refractivity contribution is 0.596. The molecule has 2 heterocycles. The van der Waals surface area contributed by atoms with Crippen molar-refractivity contribution in [1.82, 2.24) is 9.97 Å². The van der Waals surface area contributed by atoms with E-state index in [0.717, 1.165) is 16.6 Å². The van der Waals surface area contributed by atoms with E-state index >= 15 is 0 Å². The van der Waals surface area contributed by atoms with Gasteiger partial charge in [-0.1, -0.05) is 25.1 Å². The second-order valence-electron chi connectivity index (χ2n) is 5.46. The van der Waals surface area contributed by atoms with Crippen molar-refractivity contribution in [3.05, 3.63) is 47.1 Å². The Kier molecular flexibility index (Phi) is 4.82. The summed E-state index contributed by atoms with van der Waals surface area (Å²) in [6, 6.07) is 10.6. The molecule has 0 aliphatic carbocycles. The van der Waals surface area contributed by atoms with Crippen molar-refractivity contribution in [1.29, 1.82) is 0 Å². The smallest absolute Gasteiger partial charge is 0.180 e. The third-order valence-electron chi connectivity index (χ3n) is 3.67. The van der Waals surface area contributed by atoms with Crippen molar-refractivity contribution < 1.29 is 8.42 Å². The van der Waals surface area contributed by atoms with Crippen LogP contribution in [0.15, 0.2) is 41.3 Å². The number of aromatic nitrogens is 2. The van der Waals surface area contributed by atoms with Crippen molar-refractivity contribution in [2.75, 3.05) is 17.6 Å². The van der Waals surface area contributed by atoms with Crippen LogP contribution in [-0.2, 0) is 16.3 Å². The first-order valence-electron chi connectivity index (χ1n) is 7.78. The Labute approximate surface area is 145 Å². The lowest BCUT2D eigenvalue weighted by atomic mass is 10.3. The fourth-order valence-corrected chi connectivity index (χ4v) is 4.63. The Morgan fingerprint density at radius 1 is 1.17 bits per heavy atom. The summed E-state index contributed by atoms with van der Waals surface area (Å²) in [5.41, 5.74) is 0. The quantitative estimate of drug-likeness (QED) is 0.728. The Balaban J connectivity index is 1.77. The zero-order valence-electron chi connectivity index (χ0n) is 13.6. The molecule has 0 radical (unpaired) electrons. The highest BCUT2D eigenvalue weighted by atomic mass is 32.2. The van der Waals surface area contributed by atoms with Gasteiger partial charge in [-0.15, -0.1) is 11.3 Å². The van der Waals surface area contributed by atoms with Crippen LogP contribution in [0.1, 0.15) is 17.6 Å². The van der Waals surface area contributed by atoms with Crippen molar-refractivity contribution in [2.24, 2.45) is 0 Å². The standard InChI is InChI=1S/C17H19N3O2S2/c1-3-13-11-15-16(19-12(2)20-17(15)23-13)18-9-10-24(21,22)14-7-5-4-6-8-14/h4-8,11H,3,9-10H2,1-2H3,(H,18,19,20). The molecule has 1 N–H and O–H groups in total. The van der Waals surface area contributed by atoms with E-state index in [-0.39, 0.29) is 5.75 Å². The van der Waals surface area contributed by atoms with Gasteiger partial charge in [0.05, 0.1) is 16.0 Å². The number of sulfone groups is 1. The molecule has 24 heavy (non-hydrogen) atoms. The number of nitrogens with one attached hydrogen (secondary N) is 1. The normalized spacial score (nSPS) is 11.8. The number of anilines is 1. The van der Waals surface area contributed by atoms with Gasteiger partial charge in [0.1, 0.15) is 16.5 Å². The minimum absolute atomic E-state index is 0.0202. The number of benzene rings is 1. The van der Waals surface area contributed by atoms with E-state index in [1.165, 1.54) is 4.88 Å². The van der Waals surface area contributed by atoms with Gasteiger partial charge >= 0.3 is 0 Å². The summed E-state index contributed by atoms with van der Waals surface area (Å²) in [5, 5.41) is 4.13. The molecule has 5 nitrogen and oxygen atoms in total. The van der Waals surface area contributed by atoms with Crippen LogP contribution in [0.3, 0.4) is 0 Å². The summed E-state index contributed by atoms with van der Waals surface area (Å²) in [7, 11) is -3.30. The molecule has 3 rings (SSSR count). The topological polar surface area (TPSA) is 72.0 Å². The van der Waals surface area contributed by atoms with E-state index in [2.05, 4.69) is 28.3 Å². The van der Waals surface area contributed by atoms with Crippen LogP contribution in [-0.4, -0.2) is 30.7 Å². The van der Waals surface area contributed by atoms with Crippen LogP contribution >= 0.6 is 11.3 Å². The molecule has 0 fully saturated rings. The Morgan fingerprint density at radius 3 is 2.62 bits per heavy atom. The van der Waals surface area contributed by atoms with E-state index in [9.17, 15) is 8.42 Å². The van der Waals surface area contributed by atoms with Crippen molar-refractivity contribution in [3.63, 3.8) is 0 Å². The van der Waals surface area contributed by atoms with Gasteiger partial charge in [0.15, 0.2) is 9.84 Å². The Bertz CT molecular complexity index is 951. The molecule has 0 atom stereocenters. The molecule has 3 aromatic rings. The molecule has 0 unspecified atom stereocenters. The average Bonchev–Trinajstić information content (AvgIpc) is 2.98. The number of hydrogen-bond donors (Lipinski definition) is 1. The fraction of sp³-hybridized carbons (Fsp3) is 0.294. The predicted octanol–water partition coefficient (Wildman–Crippen LogP) is 3.45. The van der Waals surface area contributed by atoms with Crippen molar-refractivity contribution in [3.8, 4) is 0 Å². The van der Waals surface area contributed by atoms with E-state index < -0.39 is 9.84 Å². The SMILES string of the molecule is CCc1cc2c(NCCS(=O)(=O)c3ccccc3)nc(C)nc2s1. The monoisotopic (exact) mass is 361 g/mol. The zero-order valence-corrected chi connectivity index (χ0v) is 15.2. The molecule has 126 valence electrons. The summed E-state index contributed by atoms with van der Waals surface area (Å²) in [4.78, 5) is 11.4. The second kappa shape index (κ2) is 6.86. The number of nitrogens with zero attached hydrogens (tertiary/aromatic N) is 2. The molecule has 1 aromatic carbocycles. The fourth-order valence-electron chi connectivity index (χ4n) is 2.44. The molecule has 0 aliphatic rings. The van der Waals surface area contributed by atoms with Gasteiger partial charge in [-0.3, -0.25) is 0 Å². The molecular weight excluding hydrogens is 342 g/mol.